The Labute approximate surface area is 115 Å². The SMILES string of the molecule is O=C(C(OO)c1ccccc1)C(OO)c1ccccc1. The lowest BCUT2D eigenvalue weighted by molar-refractivity contribution is -0.297. The highest BCUT2D eigenvalue weighted by Crippen LogP contribution is 2.27. The van der Waals surface area contributed by atoms with E-state index in [9.17, 15) is 4.79 Å². The van der Waals surface area contributed by atoms with Gasteiger partial charge in [-0.25, -0.2) is 9.78 Å². The number of rotatable bonds is 6. The molecule has 0 fully saturated rings. The summed E-state index contributed by atoms with van der Waals surface area (Å²) >= 11 is 0. The van der Waals surface area contributed by atoms with Gasteiger partial charge < -0.3 is 0 Å². The molecule has 2 unspecified atom stereocenters. The average molecular weight is 274 g/mol. The Bertz CT molecular complexity index is 491. The molecule has 104 valence electrons. The zero-order valence-corrected chi connectivity index (χ0v) is 10.5. The fourth-order valence-electron chi connectivity index (χ4n) is 1.95. The normalized spacial score (nSPS) is 13.7. The molecule has 2 aromatic rings. The number of hydrogen-bond acceptors (Lipinski definition) is 5. The van der Waals surface area contributed by atoms with Crippen molar-refractivity contribution >= 4 is 5.78 Å². The molecule has 0 saturated heterocycles. The molecule has 0 spiro atoms. The number of carbonyl (C=O) groups is 1. The van der Waals surface area contributed by atoms with E-state index in [0.717, 1.165) is 0 Å². The van der Waals surface area contributed by atoms with Crippen molar-refractivity contribution in [1.29, 1.82) is 0 Å². The minimum Gasteiger partial charge on any atom is -0.293 e. The number of ketones is 1. The third kappa shape index (κ3) is 3.09. The van der Waals surface area contributed by atoms with Crippen LogP contribution in [0.25, 0.3) is 0 Å². The van der Waals surface area contributed by atoms with E-state index in [1.807, 2.05) is 0 Å². The van der Waals surface area contributed by atoms with Crippen molar-refractivity contribution in [3.8, 4) is 0 Å². The maximum Gasteiger partial charge on any atom is 0.205 e. The molecule has 0 aliphatic rings. The highest BCUT2D eigenvalue weighted by Gasteiger charge is 2.31. The summed E-state index contributed by atoms with van der Waals surface area (Å²) in [5.74, 6) is -0.604. The second-order valence-corrected chi connectivity index (χ2v) is 4.19. The third-order valence-corrected chi connectivity index (χ3v) is 2.93. The van der Waals surface area contributed by atoms with Gasteiger partial charge in [-0.1, -0.05) is 60.7 Å². The van der Waals surface area contributed by atoms with Gasteiger partial charge in [0.2, 0.25) is 5.78 Å². The van der Waals surface area contributed by atoms with Crippen LogP contribution in [-0.4, -0.2) is 16.3 Å². The Morgan fingerprint density at radius 2 is 1.10 bits per heavy atom. The van der Waals surface area contributed by atoms with Crippen LogP contribution in [0.4, 0.5) is 0 Å². The molecule has 2 rings (SSSR count). The van der Waals surface area contributed by atoms with Gasteiger partial charge in [0.25, 0.3) is 0 Å². The minimum absolute atomic E-state index is 0.470. The summed E-state index contributed by atoms with van der Waals surface area (Å²) < 4.78 is 0. The largest absolute Gasteiger partial charge is 0.293 e. The summed E-state index contributed by atoms with van der Waals surface area (Å²) in [6, 6.07) is 17.0. The van der Waals surface area contributed by atoms with E-state index in [2.05, 4.69) is 9.78 Å². The van der Waals surface area contributed by atoms with Crippen LogP contribution >= 0.6 is 0 Å². The quantitative estimate of drug-likeness (QED) is 0.625. The maximum absolute atomic E-state index is 12.3. The fraction of sp³-hybridized carbons (Fsp3) is 0.133. The highest BCUT2D eigenvalue weighted by atomic mass is 17.1. The number of Topliss-reactive ketones (excluding diaryl/α,β-unsaturated/α-hetero) is 1. The third-order valence-electron chi connectivity index (χ3n) is 2.93. The molecule has 0 aliphatic heterocycles. The standard InChI is InChI=1S/C15H14O5/c16-13(14(19-17)11-7-3-1-4-8-11)15(20-18)12-9-5-2-6-10-12/h1-10,14-15,17-18H. The van der Waals surface area contributed by atoms with E-state index < -0.39 is 18.0 Å². The van der Waals surface area contributed by atoms with Gasteiger partial charge in [-0.3, -0.25) is 15.3 Å². The van der Waals surface area contributed by atoms with Gasteiger partial charge in [0.05, 0.1) is 0 Å². The van der Waals surface area contributed by atoms with Crippen LogP contribution < -0.4 is 0 Å². The zero-order valence-electron chi connectivity index (χ0n) is 10.5. The van der Waals surface area contributed by atoms with E-state index in [4.69, 9.17) is 10.5 Å². The Balaban J connectivity index is 2.28. The summed E-state index contributed by atoms with van der Waals surface area (Å²) in [5.41, 5.74) is 0.941. The number of hydrogen-bond donors (Lipinski definition) is 2. The molecular weight excluding hydrogens is 260 g/mol. The summed E-state index contributed by atoms with van der Waals surface area (Å²) in [7, 11) is 0. The predicted octanol–water partition coefficient (Wildman–Crippen LogP) is 3.02. The van der Waals surface area contributed by atoms with Gasteiger partial charge in [-0.05, 0) is 11.1 Å². The van der Waals surface area contributed by atoms with Crippen LogP contribution in [-0.2, 0) is 14.6 Å². The molecule has 2 atom stereocenters. The first-order chi connectivity index (χ1) is 9.77. The second kappa shape index (κ2) is 6.93. The van der Waals surface area contributed by atoms with Crippen molar-refractivity contribution < 1.29 is 25.1 Å². The molecule has 0 aromatic heterocycles. The number of carbonyl (C=O) groups excluding carboxylic acids is 1. The van der Waals surface area contributed by atoms with Gasteiger partial charge in [-0.15, -0.1) is 0 Å². The highest BCUT2D eigenvalue weighted by molar-refractivity contribution is 5.89. The lowest BCUT2D eigenvalue weighted by Gasteiger charge is -2.18. The van der Waals surface area contributed by atoms with Crippen LogP contribution in [0.1, 0.15) is 23.3 Å². The van der Waals surface area contributed by atoms with Gasteiger partial charge in [0, 0.05) is 0 Å². The first-order valence-corrected chi connectivity index (χ1v) is 6.02. The molecule has 0 heterocycles. The van der Waals surface area contributed by atoms with E-state index in [1.165, 1.54) is 0 Å². The monoisotopic (exact) mass is 274 g/mol. The first kappa shape index (κ1) is 14.4. The van der Waals surface area contributed by atoms with E-state index in [0.29, 0.717) is 11.1 Å². The summed E-state index contributed by atoms with van der Waals surface area (Å²) in [6.07, 6.45) is -2.46. The number of benzene rings is 2. The van der Waals surface area contributed by atoms with Gasteiger partial charge >= 0.3 is 0 Å². The topological polar surface area (TPSA) is 76.0 Å². The van der Waals surface area contributed by atoms with Crippen LogP contribution in [0.3, 0.4) is 0 Å². The molecule has 0 amide bonds. The first-order valence-electron chi connectivity index (χ1n) is 6.02. The summed E-state index contributed by atoms with van der Waals surface area (Å²) in [4.78, 5) is 20.9. The lowest BCUT2D eigenvalue weighted by atomic mass is 9.97. The molecule has 0 radical (unpaired) electrons. The molecular formula is C15H14O5. The smallest absolute Gasteiger partial charge is 0.205 e. The van der Waals surface area contributed by atoms with E-state index in [1.54, 1.807) is 60.7 Å². The summed E-state index contributed by atoms with van der Waals surface area (Å²) in [6.45, 7) is 0. The molecule has 2 aromatic carbocycles. The van der Waals surface area contributed by atoms with Crippen molar-refractivity contribution in [2.45, 2.75) is 12.2 Å². The molecule has 5 heteroatoms. The Kier molecular flexibility index (Phi) is 4.97. The lowest BCUT2D eigenvalue weighted by Crippen LogP contribution is -2.23. The van der Waals surface area contributed by atoms with Crippen molar-refractivity contribution in [2.75, 3.05) is 0 Å². The van der Waals surface area contributed by atoms with E-state index in [-0.39, 0.29) is 0 Å². The van der Waals surface area contributed by atoms with Crippen molar-refractivity contribution in [3.63, 3.8) is 0 Å². The van der Waals surface area contributed by atoms with Gasteiger partial charge in [-0.2, -0.15) is 0 Å². The van der Waals surface area contributed by atoms with Crippen molar-refractivity contribution in [3.05, 3.63) is 71.8 Å². The minimum atomic E-state index is -1.23. The van der Waals surface area contributed by atoms with Crippen molar-refractivity contribution in [2.24, 2.45) is 0 Å². The molecule has 2 N–H and O–H groups in total. The van der Waals surface area contributed by atoms with Gasteiger partial charge in [0.1, 0.15) is 0 Å². The van der Waals surface area contributed by atoms with Crippen LogP contribution in [0, 0.1) is 0 Å². The zero-order chi connectivity index (χ0) is 14.4. The Morgan fingerprint density at radius 1 is 0.750 bits per heavy atom. The van der Waals surface area contributed by atoms with Crippen LogP contribution in [0.5, 0.6) is 0 Å². The maximum atomic E-state index is 12.3. The molecule has 20 heavy (non-hydrogen) atoms. The van der Waals surface area contributed by atoms with Crippen LogP contribution in [0.2, 0.25) is 0 Å². The Hall–Kier alpha value is -2.05. The molecule has 0 saturated carbocycles. The van der Waals surface area contributed by atoms with Crippen molar-refractivity contribution in [1.82, 2.24) is 0 Å². The van der Waals surface area contributed by atoms with Gasteiger partial charge in [0.15, 0.2) is 12.2 Å². The average Bonchev–Trinajstić information content (AvgIpc) is 2.51. The van der Waals surface area contributed by atoms with E-state index >= 15 is 0 Å². The fourth-order valence-corrected chi connectivity index (χ4v) is 1.95. The second-order valence-electron chi connectivity index (χ2n) is 4.19. The molecule has 0 aliphatic carbocycles. The predicted molar refractivity (Wildman–Crippen MR) is 70.8 cm³/mol. The molecule has 5 nitrogen and oxygen atoms in total. The molecule has 0 bridgehead atoms. The Morgan fingerprint density at radius 3 is 1.40 bits per heavy atom. The summed E-state index contributed by atoms with van der Waals surface area (Å²) in [5, 5.41) is 18.0. The van der Waals surface area contributed by atoms with Crippen LogP contribution in [0.15, 0.2) is 60.7 Å².